The standard InChI is InChI=1S/C13H13N5O/c1-8-11(15)12(17-16-8)13(19)18(2)10-5-3-9(7-14)4-6-10/h3-6H,15H2,1-2H3,(H,16,17). The lowest BCUT2D eigenvalue weighted by molar-refractivity contribution is 0.0989. The zero-order valence-corrected chi connectivity index (χ0v) is 10.6. The fourth-order valence-electron chi connectivity index (χ4n) is 1.64. The van der Waals surface area contributed by atoms with Gasteiger partial charge in [-0.3, -0.25) is 9.89 Å². The number of benzene rings is 1. The number of nitrogens with one attached hydrogen (secondary N) is 1. The molecule has 0 fully saturated rings. The van der Waals surface area contributed by atoms with Crippen LogP contribution in [0.25, 0.3) is 0 Å². The highest BCUT2D eigenvalue weighted by atomic mass is 16.2. The topological polar surface area (TPSA) is 98.8 Å². The maximum absolute atomic E-state index is 12.2. The van der Waals surface area contributed by atoms with Crippen molar-refractivity contribution in [2.75, 3.05) is 17.7 Å². The van der Waals surface area contributed by atoms with Crippen LogP contribution >= 0.6 is 0 Å². The highest BCUT2D eigenvalue weighted by Gasteiger charge is 2.20. The molecule has 6 heteroatoms. The van der Waals surface area contributed by atoms with E-state index < -0.39 is 0 Å². The molecular weight excluding hydrogens is 242 g/mol. The van der Waals surface area contributed by atoms with E-state index in [-0.39, 0.29) is 11.6 Å². The first-order chi connectivity index (χ1) is 9.04. The molecule has 1 aromatic heterocycles. The molecule has 0 saturated heterocycles. The maximum Gasteiger partial charge on any atom is 0.280 e. The third-order valence-corrected chi connectivity index (χ3v) is 2.89. The molecule has 0 aliphatic rings. The molecule has 96 valence electrons. The first-order valence-corrected chi connectivity index (χ1v) is 5.63. The van der Waals surface area contributed by atoms with Crippen LogP contribution in [0.5, 0.6) is 0 Å². The van der Waals surface area contributed by atoms with Crippen molar-refractivity contribution in [2.45, 2.75) is 6.92 Å². The quantitative estimate of drug-likeness (QED) is 0.848. The summed E-state index contributed by atoms with van der Waals surface area (Å²) < 4.78 is 0. The molecule has 6 nitrogen and oxygen atoms in total. The Hall–Kier alpha value is -2.81. The number of aromatic nitrogens is 2. The summed E-state index contributed by atoms with van der Waals surface area (Å²) in [5, 5.41) is 15.3. The number of carbonyl (C=O) groups is 1. The van der Waals surface area contributed by atoms with Crippen molar-refractivity contribution in [1.82, 2.24) is 10.2 Å². The Bertz CT molecular complexity index is 651. The van der Waals surface area contributed by atoms with Gasteiger partial charge in [-0.2, -0.15) is 10.4 Å². The van der Waals surface area contributed by atoms with Crippen molar-refractivity contribution in [1.29, 1.82) is 5.26 Å². The molecule has 1 heterocycles. The Morgan fingerprint density at radius 2 is 2.05 bits per heavy atom. The number of hydrogen-bond donors (Lipinski definition) is 2. The van der Waals surface area contributed by atoms with E-state index in [2.05, 4.69) is 10.2 Å². The second-order valence-electron chi connectivity index (χ2n) is 4.13. The molecule has 2 aromatic rings. The molecule has 0 bridgehead atoms. The molecule has 0 saturated carbocycles. The first-order valence-electron chi connectivity index (χ1n) is 5.63. The number of rotatable bonds is 2. The van der Waals surface area contributed by atoms with Crippen LogP contribution in [0.4, 0.5) is 11.4 Å². The van der Waals surface area contributed by atoms with Gasteiger partial charge in [-0.25, -0.2) is 0 Å². The van der Waals surface area contributed by atoms with Gasteiger partial charge in [0.25, 0.3) is 5.91 Å². The molecule has 2 rings (SSSR count). The van der Waals surface area contributed by atoms with Gasteiger partial charge < -0.3 is 10.6 Å². The van der Waals surface area contributed by atoms with Crippen LogP contribution < -0.4 is 10.6 Å². The summed E-state index contributed by atoms with van der Waals surface area (Å²) in [6.45, 7) is 1.75. The minimum Gasteiger partial charge on any atom is -0.395 e. The average Bonchev–Trinajstić information content (AvgIpc) is 2.77. The maximum atomic E-state index is 12.2. The average molecular weight is 255 g/mol. The summed E-state index contributed by atoms with van der Waals surface area (Å²) in [7, 11) is 1.63. The number of aryl methyl sites for hydroxylation is 1. The van der Waals surface area contributed by atoms with Gasteiger partial charge in [0.15, 0.2) is 5.69 Å². The number of H-pyrrole nitrogens is 1. The van der Waals surface area contributed by atoms with E-state index in [4.69, 9.17) is 11.0 Å². The van der Waals surface area contributed by atoms with Gasteiger partial charge in [-0.15, -0.1) is 0 Å². The lowest BCUT2D eigenvalue weighted by Gasteiger charge is -2.16. The van der Waals surface area contributed by atoms with Crippen molar-refractivity contribution in [3.05, 3.63) is 41.2 Å². The number of nitrogens with zero attached hydrogens (tertiary/aromatic N) is 3. The molecule has 0 aliphatic heterocycles. The SMILES string of the molecule is Cc1[nH]nc(C(=O)N(C)c2ccc(C#N)cc2)c1N. The third-order valence-electron chi connectivity index (χ3n) is 2.89. The van der Waals surface area contributed by atoms with Gasteiger partial charge in [-0.1, -0.05) is 0 Å². The zero-order chi connectivity index (χ0) is 14.0. The monoisotopic (exact) mass is 255 g/mol. The number of aromatic amines is 1. The second-order valence-corrected chi connectivity index (χ2v) is 4.13. The summed E-state index contributed by atoms with van der Waals surface area (Å²) >= 11 is 0. The summed E-state index contributed by atoms with van der Waals surface area (Å²) in [4.78, 5) is 13.7. The highest BCUT2D eigenvalue weighted by Crippen LogP contribution is 2.19. The minimum absolute atomic E-state index is 0.198. The third kappa shape index (κ3) is 2.26. The molecule has 3 N–H and O–H groups in total. The molecule has 0 spiro atoms. The number of nitriles is 1. The van der Waals surface area contributed by atoms with Gasteiger partial charge in [0.05, 0.1) is 23.0 Å². The predicted octanol–water partition coefficient (Wildman–Crippen LogP) is 1.45. The predicted molar refractivity (Wildman–Crippen MR) is 71.6 cm³/mol. The largest absolute Gasteiger partial charge is 0.395 e. The summed E-state index contributed by atoms with van der Waals surface area (Å²) in [6.07, 6.45) is 0. The number of nitrogen functional groups attached to an aromatic ring is 1. The molecule has 0 atom stereocenters. The van der Waals surface area contributed by atoms with E-state index in [0.29, 0.717) is 22.6 Å². The van der Waals surface area contributed by atoms with Crippen LogP contribution in [0.1, 0.15) is 21.7 Å². The van der Waals surface area contributed by atoms with Crippen molar-refractivity contribution < 1.29 is 4.79 Å². The van der Waals surface area contributed by atoms with Gasteiger partial charge in [0.2, 0.25) is 0 Å². The van der Waals surface area contributed by atoms with Crippen molar-refractivity contribution >= 4 is 17.3 Å². The Kier molecular flexibility index (Phi) is 3.21. The number of hydrogen-bond acceptors (Lipinski definition) is 4. The number of amides is 1. The number of carbonyl (C=O) groups excluding carboxylic acids is 1. The molecular formula is C13H13N5O. The zero-order valence-electron chi connectivity index (χ0n) is 10.6. The number of anilines is 2. The fraction of sp³-hybridized carbons (Fsp3) is 0.154. The second kappa shape index (κ2) is 4.82. The van der Waals surface area contributed by atoms with Crippen LogP contribution in [0.2, 0.25) is 0 Å². The molecule has 0 unspecified atom stereocenters. The van der Waals surface area contributed by atoms with Crippen LogP contribution in [0.15, 0.2) is 24.3 Å². The van der Waals surface area contributed by atoms with Crippen molar-refractivity contribution in [3.8, 4) is 6.07 Å². The van der Waals surface area contributed by atoms with E-state index in [0.717, 1.165) is 0 Å². The Morgan fingerprint density at radius 3 is 2.53 bits per heavy atom. The smallest absolute Gasteiger partial charge is 0.280 e. The first kappa shape index (κ1) is 12.6. The Labute approximate surface area is 110 Å². The Morgan fingerprint density at radius 1 is 1.42 bits per heavy atom. The summed E-state index contributed by atoms with van der Waals surface area (Å²) in [5.41, 5.74) is 8.21. The van der Waals surface area contributed by atoms with Crippen molar-refractivity contribution in [3.63, 3.8) is 0 Å². The van der Waals surface area contributed by atoms with E-state index in [1.54, 1.807) is 38.2 Å². The molecule has 0 aliphatic carbocycles. The van der Waals surface area contributed by atoms with E-state index in [1.807, 2.05) is 6.07 Å². The molecule has 1 amide bonds. The number of nitrogens with two attached hydrogens (primary N) is 1. The van der Waals surface area contributed by atoms with Crippen LogP contribution in [0.3, 0.4) is 0 Å². The molecule has 19 heavy (non-hydrogen) atoms. The summed E-state index contributed by atoms with van der Waals surface area (Å²) in [5.74, 6) is -0.299. The van der Waals surface area contributed by atoms with Crippen molar-refractivity contribution in [2.24, 2.45) is 0 Å². The van der Waals surface area contributed by atoms with Gasteiger partial charge in [0.1, 0.15) is 0 Å². The van der Waals surface area contributed by atoms with Gasteiger partial charge >= 0.3 is 0 Å². The normalized spacial score (nSPS) is 9.95. The van der Waals surface area contributed by atoms with E-state index >= 15 is 0 Å². The summed E-state index contributed by atoms with van der Waals surface area (Å²) in [6, 6.07) is 8.73. The van der Waals surface area contributed by atoms with Crippen LogP contribution in [-0.4, -0.2) is 23.2 Å². The van der Waals surface area contributed by atoms with Crippen LogP contribution in [-0.2, 0) is 0 Å². The molecule has 1 aromatic carbocycles. The van der Waals surface area contributed by atoms with Gasteiger partial charge in [0, 0.05) is 12.7 Å². The van der Waals surface area contributed by atoms with Gasteiger partial charge in [-0.05, 0) is 31.2 Å². The van der Waals surface area contributed by atoms with E-state index in [9.17, 15) is 4.79 Å². The Balaban J connectivity index is 2.28. The van der Waals surface area contributed by atoms with Crippen LogP contribution in [0, 0.1) is 18.3 Å². The fourth-order valence-corrected chi connectivity index (χ4v) is 1.64. The van der Waals surface area contributed by atoms with E-state index in [1.165, 1.54) is 4.90 Å². The lowest BCUT2D eigenvalue weighted by Crippen LogP contribution is -2.27. The minimum atomic E-state index is -0.299. The lowest BCUT2D eigenvalue weighted by atomic mass is 10.2. The highest BCUT2D eigenvalue weighted by molar-refractivity contribution is 6.07. The molecule has 0 radical (unpaired) electrons.